The van der Waals surface area contributed by atoms with Crippen LogP contribution in [-0.2, 0) is 0 Å². The number of nitrogens with one attached hydrogen (secondary N) is 1. The normalized spacial score (nSPS) is 12.9. The minimum atomic E-state index is 0.333. The minimum absolute atomic E-state index is 0.333. The average molecular weight is 264 g/mol. The van der Waals surface area contributed by atoms with Gasteiger partial charge in [-0.3, -0.25) is 0 Å². The van der Waals surface area contributed by atoms with Gasteiger partial charge >= 0.3 is 0 Å². The number of nitrogens with zero attached hydrogens (tertiary/aromatic N) is 3. The molecule has 1 N–H and O–H groups in total. The lowest BCUT2D eigenvalue weighted by atomic mass is 10.1. The Morgan fingerprint density at radius 3 is 2.26 bits per heavy atom. The Hall–Kier alpha value is -1.32. The minimum Gasteiger partial charge on any atom is -0.370 e. The summed E-state index contributed by atoms with van der Waals surface area (Å²) >= 11 is 0. The maximum Gasteiger partial charge on any atom is 0.135 e. The smallest absolute Gasteiger partial charge is 0.135 e. The van der Waals surface area contributed by atoms with Crippen LogP contribution >= 0.6 is 0 Å². The molecule has 1 rings (SSSR count). The standard InChI is InChI=1S/C15H28N4/c1-8-16-13-9-14(18-15(17-13)11(4)5)19(7)12(6)10(2)3/h9-12H,8H2,1-7H3,(H,16,17,18). The van der Waals surface area contributed by atoms with Crippen LogP contribution in [0.5, 0.6) is 0 Å². The van der Waals surface area contributed by atoms with Crippen LogP contribution in [0.15, 0.2) is 6.07 Å². The van der Waals surface area contributed by atoms with E-state index in [0.717, 1.165) is 24.0 Å². The van der Waals surface area contributed by atoms with Gasteiger partial charge in [0.15, 0.2) is 0 Å². The van der Waals surface area contributed by atoms with E-state index in [4.69, 9.17) is 4.98 Å². The zero-order valence-corrected chi connectivity index (χ0v) is 13.4. The van der Waals surface area contributed by atoms with Crippen molar-refractivity contribution in [3.63, 3.8) is 0 Å². The Labute approximate surface area is 117 Å². The van der Waals surface area contributed by atoms with Gasteiger partial charge in [0.25, 0.3) is 0 Å². The first-order chi connectivity index (χ1) is 8.86. The van der Waals surface area contributed by atoms with Crippen molar-refractivity contribution < 1.29 is 0 Å². The largest absolute Gasteiger partial charge is 0.370 e. The summed E-state index contributed by atoms with van der Waals surface area (Å²) < 4.78 is 0. The number of hydrogen-bond donors (Lipinski definition) is 1. The van der Waals surface area contributed by atoms with E-state index in [1.54, 1.807) is 0 Å². The third-order valence-electron chi connectivity index (χ3n) is 3.54. The Morgan fingerprint density at radius 2 is 1.79 bits per heavy atom. The molecule has 0 bridgehead atoms. The van der Waals surface area contributed by atoms with Crippen molar-refractivity contribution in [2.45, 2.75) is 53.5 Å². The lowest BCUT2D eigenvalue weighted by Crippen LogP contribution is -2.34. The van der Waals surface area contributed by atoms with Crippen molar-refractivity contribution in [3.8, 4) is 0 Å². The summed E-state index contributed by atoms with van der Waals surface area (Å²) in [4.78, 5) is 11.5. The number of anilines is 2. The Bertz CT molecular complexity index is 401. The lowest BCUT2D eigenvalue weighted by molar-refractivity contribution is 0.501. The van der Waals surface area contributed by atoms with Gasteiger partial charge in [-0.2, -0.15) is 0 Å². The highest BCUT2D eigenvalue weighted by molar-refractivity contribution is 5.49. The van der Waals surface area contributed by atoms with Crippen LogP contribution in [0.2, 0.25) is 0 Å². The number of rotatable bonds is 6. The second kappa shape index (κ2) is 6.73. The van der Waals surface area contributed by atoms with Crippen molar-refractivity contribution in [2.24, 2.45) is 5.92 Å². The van der Waals surface area contributed by atoms with E-state index in [9.17, 15) is 0 Å². The molecule has 108 valence electrons. The number of aromatic nitrogens is 2. The third-order valence-corrected chi connectivity index (χ3v) is 3.54. The highest BCUT2D eigenvalue weighted by Crippen LogP contribution is 2.22. The SMILES string of the molecule is CCNc1cc(N(C)C(C)C(C)C)nc(C(C)C)n1. The molecule has 1 unspecified atom stereocenters. The molecule has 0 aliphatic rings. The predicted molar refractivity (Wildman–Crippen MR) is 83.0 cm³/mol. The quantitative estimate of drug-likeness (QED) is 0.853. The highest BCUT2D eigenvalue weighted by Gasteiger charge is 2.17. The van der Waals surface area contributed by atoms with E-state index in [0.29, 0.717) is 17.9 Å². The Morgan fingerprint density at radius 1 is 1.16 bits per heavy atom. The maximum atomic E-state index is 4.69. The summed E-state index contributed by atoms with van der Waals surface area (Å²) in [5, 5.41) is 3.29. The molecule has 0 fully saturated rings. The molecule has 19 heavy (non-hydrogen) atoms. The molecule has 0 aromatic carbocycles. The molecular weight excluding hydrogens is 236 g/mol. The topological polar surface area (TPSA) is 41.0 Å². The van der Waals surface area contributed by atoms with Crippen molar-refractivity contribution in [3.05, 3.63) is 11.9 Å². The van der Waals surface area contributed by atoms with Gasteiger partial charge in [-0.25, -0.2) is 9.97 Å². The summed E-state index contributed by atoms with van der Waals surface area (Å²) in [6.07, 6.45) is 0. The van der Waals surface area contributed by atoms with Gasteiger partial charge in [-0.1, -0.05) is 27.7 Å². The fraction of sp³-hybridized carbons (Fsp3) is 0.733. The predicted octanol–water partition coefficient (Wildman–Crippen LogP) is 3.51. The van der Waals surface area contributed by atoms with Gasteiger partial charge in [0.1, 0.15) is 17.5 Å². The van der Waals surface area contributed by atoms with Crippen LogP contribution in [0.25, 0.3) is 0 Å². The molecule has 1 aromatic rings. The number of hydrogen-bond acceptors (Lipinski definition) is 4. The van der Waals surface area contributed by atoms with Gasteiger partial charge in [0.2, 0.25) is 0 Å². The van der Waals surface area contributed by atoms with Crippen molar-refractivity contribution in [1.29, 1.82) is 0 Å². The van der Waals surface area contributed by atoms with Crippen LogP contribution < -0.4 is 10.2 Å². The summed E-state index contributed by atoms with van der Waals surface area (Å²) in [7, 11) is 2.10. The summed E-state index contributed by atoms with van der Waals surface area (Å²) in [5.41, 5.74) is 0. The van der Waals surface area contributed by atoms with Crippen molar-refractivity contribution in [1.82, 2.24) is 9.97 Å². The van der Waals surface area contributed by atoms with Crippen LogP contribution in [0, 0.1) is 5.92 Å². The highest BCUT2D eigenvalue weighted by atomic mass is 15.2. The van der Waals surface area contributed by atoms with Crippen molar-refractivity contribution in [2.75, 3.05) is 23.8 Å². The van der Waals surface area contributed by atoms with Crippen molar-refractivity contribution >= 4 is 11.6 Å². The molecule has 1 heterocycles. The first-order valence-electron chi connectivity index (χ1n) is 7.22. The summed E-state index contributed by atoms with van der Waals surface area (Å²) in [5.74, 6) is 3.73. The molecule has 4 nitrogen and oxygen atoms in total. The van der Waals surface area contributed by atoms with E-state index in [2.05, 4.69) is 63.8 Å². The van der Waals surface area contributed by atoms with Gasteiger partial charge in [-0.15, -0.1) is 0 Å². The Balaban J connectivity index is 3.11. The zero-order valence-electron chi connectivity index (χ0n) is 13.4. The fourth-order valence-electron chi connectivity index (χ4n) is 1.82. The molecule has 0 saturated heterocycles. The van der Waals surface area contributed by atoms with E-state index in [1.807, 2.05) is 6.07 Å². The molecule has 0 saturated carbocycles. The Kier molecular flexibility index (Phi) is 5.58. The second-order valence-electron chi connectivity index (χ2n) is 5.75. The molecule has 0 aliphatic carbocycles. The second-order valence-corrected chi connectivity index (χ2v) is 5.75. The fourth-order valence-corrected chi connectivity index (χ4v) is 1.82. The monoisotopic (exact) mass is 264 g/mol. The van der Waals surface area contributed by atoms with Crippen LogP contribution in [0.4, 0.5) is 11.6 Å². The van der Waals surface area contributed by atoms with E-state index < -0.39 is 0 Å². The summed E-state index contributed by atoms with van der Waals surface area (Å²) in [6.45, 7) is 13.9. The molecule has 0 amide bonds. The third kappa shape index (κ3) is 4.08. The molecular formula is C15H28N4. The van der Waals surface area contributed by atoms with Gasteiger partial charge in [0.05, 0.1) is 0 Å². The van der Waals surface area contributed by atoms with Gasteiger partial charge < -0.3 is 10.2 Å². The van der Waals surface area contributed by atoms with E-state index >= 15 is 0 Å². The van der Waals surface area contributed by atoms with E-state index in [1.165, 1.54) is 0 Å². The first kappa shape index (κ1) is 15.7. The molecule has 0 radical (unpaired) electrons. The maximum absolute atomic E-state index is 4.69. The first-order valence-corrected chi connectivity index (χ1v) is 7.22. The van der Waals surface area contributed by atoms with Crippen LogP contribution in [0.3, 0.4) is 0 Å². The summed E-state index contributed by atoms with van der Waals surface area (Å²) in [6, 6.07) is 2.48. The molecule has 4 heteroatoms. The van der Waals surface area contributed by atoms with Crippen LogP contribution in [0.1, 0.15) is 53.3 Å². The molecule has 0 aliphatic heterocycles. The molecule has 1 aromatic heterocycles. The molecule has 0 spiro atoms. The molecule has 1 atom stereocenters. The zero-order chi connectivity index (χ0) is 14.6. The van der Waals surface area contributed by atoms with Gasteiger partial charge in [-0.05, 0) is 19.8 Å². The van der Waals surface area contributed by atoms with Crippen LogP contribution in [-0.4, -0.2) is 29.6 Å². The van der Waals surface area contributed by atoms with Gasteiger partial charge in [0, 0.05) is 31.6 Å². The van der Waals surface area contributed by atoms with E-state index in [-0.39, 0.29) is 0 Å². The average Bonchev–Trinajstić information content (AvgIpc) is 2.36. The lowest BCUT2D eigenvalue weighted by Gasteiger charge is -2.29.